The largest absolute Gasteiger partial charge is 0.285 e. The molecule has 0 fully saturated rings. The smallest absolute Gasteiger partial charge is 0.0726 e. The molecular weight excluding hydrogens is 208 g/mol. The lowest BCUT2D eigenvalue weighted by atomic mass is 10.0. The van der Waals surface area contributed by atoms with Gasteiger partial charge in [-0.25, -0.2) is 0 Å². The quantitative estimate of drug-likeness (QED) is 0.818. The number of hydrogen-bond donors (Lipinski definition) is 1. The molecule has 0 aliphatic heterocycles. The van der Waals surface area contributed by atoms with E-state index in [9.17, 15) is 0 Å². The van der Waals surface area contributed by atoms with Crippen molar-refractivity contribution in [2.45, 2.75) is 19.8 Å². The Morgan fingerprint density at radius 2 is 1.93 bits per heavy atom. The number of aromatic nitrogens is 2. The summed E-state index contributed by atoms with van der Waals surface area (Å²) in [5.74, 6) is 0.391. The Balaban J connectivity index is 2.55. The summed E-state index contributed by atoms with van der Waals surface area (Å²) in [6, 6.07) is 7.83. The van der Waals surface area contributed by atoms with Gasteiger partial charge in [0.2, 0.25) is 0 Å². The van der Waals surface area contributed by atoms with Gasteiger partial charge in [-0.05, 0) is 12.0 Å². The zero-order chi connectivity index (χ0) is 10.8. The normalized spacial score (nSPS) is 10.9. The highest BCUT2D eigenvalue weighted by Crippen LogP contribution is 2.32. The van der Waals surface area contributed by atoms with Gasteiger partial charge in [-0.3, -0.25) is 5.10 Å². The second-order valence-electron chi connectivity index (χ2n) is 3.82. The van der Waals surface area contributed by atoms with E-state index in [0.29, 0.717) is 5.92 Å². The molecule has 0 unspecified atom stereocenters. The summed E-state index contributed by atoms with van der Waals surface area (Å²) in [5, 5.41) is 7.91. The van der Waals surface area contributed by atoms with Crippen LogP contribution in [0.25, 0.3) is 11.1 Å². The molecule has 3 heteroatoms. The van der Waals surface area contributed by atoms with E-state index in [1.165, 1.54) is 0 Å². The number of benzene rings is 1. The maximum absolute atomic E-state index is 6.15. The van der Waals surface area contributed by atoms with Crippen molar-refractivity contribution in [3.8, 4) is 11.1 Å². The van der Waals surface area contributed by atoms with E-state index in [1.807, 2.05) is 30.5 Å². The van der Waals surface area contributed by atoms with Crippen LogP contribution in [0.5, 0.6) is 0 Å². The van der Waals surface area contributed by atoms with Crippen LogP contribution in [0.1, 0.15) is 25.5 Å². The first-order valence-electron chi connectivity index (χ1n) is 4.98. The van der Waals surface area contributed by atoms with E-state index in [-0.39, 0.29) is 0 Å². The van der Waals surface area contributed by atoms with E-state index < -0.39 is 0 Å². The average molecular weight is 221 g/mol. The third-order valence-corrected chi connectivity index (χ3v) is 2.71. The number of aromatic amines is 1. The van der Waals surface area contributed by atoms with Crippen LogP contribution in [0.2, 0.25) is 5.02 Å². The Kier molecular flexibility index (Phi) is 2.78. The fourth-order valence-corrected chi connectivity index (χ4v) is 1.87. The zero-order valence-corrected chi connectivity index (χ0v) is 9.55. The topological polar surface area (TPSA) is 28.7 Å². The number of nitrogens with zero attached hydrogens (tertiary/aromatic N) is 1. The Morgan fingerprint density at radius 1 is 1.20 bits per heavy atom. The molecular formula is C12H13ClN2. The van der Waals surface area contributed by atoms with Crippen molar-refractivity contribution in [2.24, 2.45) is 0 Å². The van der Waals surface area contributed by atoms with Gasteiger partial charge in [0.15, 0.2) is 0 Å². The SMILES string of the molecule is CC(C)c1n[nH]cc1-c1ccccc1Cl. The Hall–Kier alpha value is -1.28. The van der Waals surface area contributed by atoms with Gasteiger partial charge < -0.3 is 0 Å². The number of H-pyrrole nitrogens is 1. The minimum atomic E-state index is 0.391. The van der Waals surface area contributed by atoms with Gasteiger partial charge in [-0.1, -0.05) is 43.6 Å². The van der Waals surface area contributed by atoms with Crippen molar-refractivity contribution >= 4 is 11.6 Å². The Bertz CT molecular complexity index is 460. The van der Waals surface area contributed by atoms with Gasteiger partial charge in [0.25, 0.3) is 0 Å². The van der Waals surface area contributed by atoms with Crippen molar-refractivity contribution < 1.29 is 0 Å². The van der Waals surface area contributed by atoms with Crippen LogP contribution >= 0.6 is 11.6 Å². The van der Waals surface area contributed by atoms with Crippen LogP contribution in [-0.2, 0) is 0 Å². The first-order chi connectivity index (χ1) is 7.20. The fraction of sp³-hybridized carbons (Fsp3) is 0.250. The van der Waals surface area contributed by atoms with Crippen molar-refractivity contribution in [2.75, 3.05) is 0 Å². The minimum Gasteiger partial charge on any atom is -0.285 e. The summed E-state index contributed by atoms with van der Waals surface area (Å²) < 4.78 is 0. The van der Waals surface area contributed by atoms with E-state index in [1.54, 1.807) is 0 Å². The molecule has 0 spiro atoms. The van der Waals surface area contributed by atoms with Crippen LogP contribution < -0.4 is 0 Å². The van der Waals surface area contributed by atoms with Gasteiger partial charge >= 0.3 is 0 Å². The Labute approximate surface area is 94.3 Å². The van der Waals surface area contributed by atoms with Crippen molar-refractivity contribution in [1.82, 2.24) is 10.2 Å². The lowest BCUT2D eigenvalue weighted by molar-refractivity contribution is 0.812. The molecule has 0 bridgehead atoms. The molecule has 0 radical (unpaired) electrons. The summed E-state index contributed by atoms with van der Waals surface area (Å²) in [4.78, 5) is 0. The van der Waals surface area contributed by atoms with Crippen molar-refractivity contribution in [1.29, 1.82) is 0 Å². The average Bonchev–Trinajstić information content (AvgIpc) is 2.67. The molecule has 0 aliphatic carbocycles. The Morgan fingerprint density at radius 3 is 2.60 bits per heavy atom. The molecule has 2 nitrogen and oxygen atoms in total. The van der Waals surface area contributed by atoms with Crippen molar-refractivity contribution in [3.63, 3.8) is 0 Å². The molecule has 0 aliphatic rings. The number of hydrogen-bond acceptors (Lipinski definition) is 1. The first kappa shape index (κ1) is 10.2. The van der Waals surface area contributed by atoms with E-state index in [4.69, 9.17) is 11.6 Å². The third kappa shape index (κ3) is 1.90. The fourth-order valence-electron chi connectivity index (χ4n) is 1.64. The van der Waals surface area contributed by atoms with Gasteiger partial charge in [0.1, 0.15) is 0 Å². The number of nitrogens with one attached hydrogen (secondary N) is 1. The van der Waals surface area contributed by atoms with E-state index >= 15 is 0 Å². The van der Waals surface area contributed by atoms with Crippen molar-refractivity contribution in [3.05, 3.63) is 41.2 Å². The highest BCUT2D eigenvalue weighted by atomic mass is 35.5. The van der Waals surface area contributed by atoms with E-state index in [2.05, 4.69) is 24.0 Å². The molecule has 1 aromatic carbocycles. The first-order valence-corrected chi connectivity index (χ1v) is 5.36. The maximum atomic E-state index is 6.15. The van der Waals surface area contributed by atoms with Crippen LogP contribution in [0.15, 0.2) is 30.5 Å². The summed E-state index contributed by atoms with van der Waals surface area (Å²) >= 11 is 6.15. The van der Waals surface area contributed by atoms with Gasteiger partial charge in [0.05, 0.1) is 5.69 Å². The predicted molar refractivity (Wildman–Crippen MR) is 63.1 cm³/mol. The molecule has 0 atom stereocenters. The van der Waals surface area contributed by atoms with Gasteiger partial charge in [0, 0.05) is 22.3 Å². The van der Waals surface area contributed by atoms with Crippen LogP contribution in [0.4, 0.5) is 0 Å². The lowest BCUT2D eigenvalue weighted by Crippen LogP contribution is -1.91. The molecule has 2 rings (SSSR count). The summed E-state index contributed by atoms with van der Waals surface area (Å²) in [5.41, 5.74) is 3.19. The van der Waals surface area contributed by atoms with Crippen LogP contribution in [-0.4, -0.2) is 10.2 Å². The van der Waals surface area contributed by atoms with Gasteiger partial charge in [-0.15, -0.1) is 0 Å². The highest BCUT2D eigenvalue weighted by molar-refractivity contribution is 6.33. The molecule has 0 saturated carbocycles. The summed E-state index contributed by atoms with van der Waals surface area (Å²) in [6.45, 7) is 4.24. The predicted octanol–water partition coefficient (Wildman–Crippen LogP) is 3.85. The van der Waals surface area contributed by atoms with Crippen LogP contribution in [0, 0.1) is 0 Å². The number of rotatable bonds is 2. The second-order valence-corrected chi connectivity index (χ2v) is 4.23. The maximum Gasteiger partial charge on any atom is 0.0726 e. The summed E-state index contributed by atoms with van der Waals surface area (Å²) in [6.07, 6.45) is 1.90. The minimum absolute atomic E-state index is 0.391. The molecule has 2 aromatic rings. The zero-order valence-electron chi connectivity index (χ0n) is 8.79. The van der Waals surface area contributed by atoms with Crippen LogP contribution in [0.3, 0.4) is 0 Å². The molecule has 0 amide bonds. The van der Waals surface area contributed by atoms with Gasteiger partial charge in [-0.2, -0.15) is 5.10 Å². The second kappa shape index (κ2) is 4.07. The number of halogens is 1. The monoisotopic (exact) mass is 220 g/mol. The molecule has 78 valence electrons. The standard InChI is InChI=1S/C12H13ClN2/c1-8(2)12-10(7-14-15-12)9-5-3-4-6-11(9)13/h3-8H,1-2H3,(H,14,15). The van der Waals surface area contributed by atoms with E-state index in [0.717, 1.165) is 21.8 Å². The highest BCUT2D eigenvalue weighted by Gasteiger charge is 2.13. The molecule has 1 aromatic heterocycles. The molecule has 15 heavy (non-hydrogen) atoms. The summed E-state index contributed by atoms with van der Waals surface area (Å²) in [7, 11) is 0. The molecule has 1 heterocycles. The molecule has 1 N–H and O–H groups in total. The lowest BCUT2D eigenvalue weighted by Gasteiger charge is -2.06. The third-order valence-electron chi connectivity index (χ3n) is 2.38. The molecule has 0 saturated heterocycles.